The van der Waals surface area contributed by atoms with Gasteiger partial charge in [-0.05, 0) is 23.9 Å². The first-order chi connectivity index (χ1) is 9.86. The normalized spacial score (nSPS) is 11.3. The van der Waals surface area contributed by atoms with Crippen LogP contribution in [0, 0.1) is 0 Å². The third-order valence-corrected chi connectivity index (χ3v) is 4.09. The second-order valence-corrected chi connectivity index (χ2v) is 5.67. The molecule has 2 N–H and O–H groups in total. The molecule has 0 saturated carbocycles. The number of unbranched alkanes of at least 4 members (excludes halogenated alkanes) is 6. The van der Waals surface area contributed by atoms with Crippen molar-refractivity contribution in [3.63, 3.8) is 0 Å². The Labute approximate surface area is 123 Å². The SMILES string of the molecule is CCCCCCCCCn1c(CN)cc2ccccc21. The topological polar surface area (TPSA) is 30.9 Å². The molecule has 0 fully saturated rings. The lowest BCUT2D eigenvalue weighted by Crippen LogP contribution is -2.07. The van der Waals surface area contributed by atoms with Crippen molar-refractivity contribution in [3.8, 4) is 0 Å². The zero-order chi connectivity index (χ0) is 14.2. The third kappa shape index (κ3) is 3.86. The summed E-state index contributed by atoms with van der Waals surface area (Å²) < 4.78 is 2.40. The van der Waals surface area contributed by atoms with Crippen molar-refractivity contribution in [2.75, 3.05) is 0 Å². The number of hydrogen-bond donors (Lipinski definition) is 1. The maximum Gasteiger partial charge on any atom is 0.0482 e. The molecule has 110 valence electrons. The van der Waals surface area contributed by atoms with Crippen LogP contribution in [0.5, 0.6) is 0 Å². The molecule has 0 spiro atoms. The molecule has 2 heteroatoms. The number of nitrogens with two attached hydrogens (primary N) is 1. The number of rotatable bonds is 9. The lowest BCUT2D eigenvalue weighted by Gasteiger charge is -2.09. The molecule has 1 heterocycles. The molecule has 0 atom stereocenters. The highest BCUT2D eigenvalue weighted by atomic mass is 15.0. The van der Waals surface area contributed by atoms with Crippen LogP contribution >= 0.6 is 0 Å². The van der Waals surface area contributed by atoms with Crippen LogP contribution < -0.4 is 5.73 Å². The maximum atomic E-state index is 5.88. The number of aryl methyl sites for hydroxylation is 1. The highest BCUT2D eigenvalue weighted by molar-refractivity contribution is 5.81. The fourth-order valence-electron chi connectivity index (χ4n) is 2.93. The summed E-state index contributed by atoms with van der Waals surface area (Å²) in [6.07, 6.45) is 9.48. The lowest BCUT2D eigenvalue weighted by molar-refractivity contribution is 0.549. The molecule has 2 nitrogen and oxygen atoms in total. The molecular formula is C18H28N2. The number of para-hydroxylation sites is 1. The Morgan fingerprint density at radius 1 is 0.950 bits per heavy atom. The number of benzene rings is 1. The zero-order valence-electron chi connectivity index (χ0n) is 12.8. The van der Waals surface area contributed by atoms with Gasteiger partial charge < -0.3 is 10.3 Å². The molecule has 20 heavy (non-hydrogen) atoms. The van der Waals surface area contributed by atoms with E-state index in [1.165, 1.54) is 61.5 Å². The van der Waals surface area contributed by atoms with Gasteiger partial charge in [0, 0.05) is 24.3 Å². The van der Waals surface area contributed by atoms with Gasteiger partial charge >= 0.3 is 0 Å². The molecule has 0 aliphatic rings. The molecule has 2 rings (SSSR count). The second-order valence-electron chi connectivity index (χ2n) is 5.67. The summed E-state index contributed by atoms with van der Waals surface area (Å²) in [4.78, 5) is 0. The quantitative estimate of drug-likeness (QED) is 0.650. The molecule has 0 amide bonds. The fraction of sp³-hybridized carbons (Fsp3) is 0.556. The molecule has 0 radical (unpaired) electrons. The van der Waals surface area contributed by atoms with Gasteiger partial charge in [-0.2, -0.15) is 0 Å². The summed E-state index contributed by atoms with van der Waals surface area (Å²) in [6, 6.07) is 10.8. The minimum Gasteiger partial charge on any atom is -0.343 e. The molecule has 0 aliphatic carbocycles. The molecular weight excluding hydrogens is 244 g/mol. The number of nitrogens with zero attached hydrogens (tertiary/aromatic N) is 1. The Balaban J connectivity index is 1.86. The Hall–Kier alpha value is -1.28. The van der Waals surface area contributed by atoms with Gasteiger partial charge in [-0.3, -0.25) is 0 Å². The van der Waals surface area contributed by atoms with Gasteiger partial charge in [0.05, 0.1) is 0 Å². The smallest absolute Gasteiger partial charge is 0.0482 e. The van der Waals surface area contributed by atoms with E-state index in [0.717, 1.165) is 6.54 Å². The van der Waals surface area contributed by atoms with Gasteiger partial charge in [0.25, 0.3) is 0 Å². The van der Waals surface area contributed by atoms with Crippen LogP contribution in [0.1, 0.15) is 57.6 Å². The first-order valence-electron chi connectivity index (χ1n) is 8.14. The lowest BCUT2D eigenvalue weighted by atomic mass is 10.1. The fourth-order valence-corrected chi connectivity index (χ4v) is 2.93. The zero-order valence-corrected chi connectivity index (χ0v) is 12.8. The summed E-state index contributed by atoms with van der Waals surface area (Å²) in [6.45, 7) is 4.00. The van der Waals surface area contributed by atoms with Crippen molar-refractivity contribution >= 4 is 10.9 Å². The minimum atomic E-state index is 0.630. The van der Waals surface area contributed by atoms with E-state index in [1.807, 2.05) is 0 Å². The van der Waals surface area contributed by atoms with Gasteiger partial charge in [0.2, 0.25) is 0 Å². The van der Waals surface area contributed by atoms with Gasteiger partial charge in [0.1, 0.15) is 0 Å². The van der Waals surface area contributed by atoms with Crippen molar-refractivity contribution in [2.24, 2.45) is 5.73 Å². The third-order valence-electron chi connectivity index (χ3n) is 4.09. The predicted molar refractivity (Wildman–Crippen MR) is 87.8 cm³/mol. The molecule has 0 saturated heterocycles. The first kappa shape index (κ1) is 15.1. The van der Waals surface area contributed by atoms with E-state index >= 15 is 0 Å². The molecule has 1 aromatic heterocycles. The average Bonchev–Trinajstić information content (AvgIpc) is 2.84. The van der Waals surface area contributed by atoms with Gasteiger partial charge in [-0.25, -0.2) is 0 Å². The standard InChI is InChI=1S/C18H28N2/c1-2-3-4-5-6-7-10-13-20-17(15-19)14-16-11-8-9-12-18(16)20/h8-9,11-12,14H,2-7,10,13,15,19H2,1H3. The van der Waals surface area contributed by atoms with E-state index in [4.69, 9.17) is 5.73 Å². The maximum absolute atomic E-state index is 5.88. The van der Waals surface area contributed by atoms with E-state index in [2.05, 4.69) is 41.8 Å². The van der Waals surface area contributed by atoms with Crippen LogP contribution in [0.25, 0.3) is 10.9 Å². The molecule has 2 aromatic rings. The molecule has 0 unspecified atom stereocenters. The molecule has 0 bridgehead atoms. The molecule has 0 aliphatic heterocycles. The van der Waals surface area contributed by atoms with Crippen LogP contribution in [-0.4, -0.2) is 4.57 Å². The largest absolute Gasteiger partial charge is 0.343 e. The van der Waals surface area contributed by atoms with Gasteiger partial charge in [-0.1, -0.05) is 63.6 Å². The Kier molecular flexibility index (Phi) is 6.13. The molecule has 1 aromatic carbocycles. The van der Waals surface area contributed by atoms with Crippen LogP contribution in [0.3, 0.4) is 0 Å². The Morgan fingerprint density at radius 2 is 1.65 bits per heavy atom. The highest BCUT2D eigenvalue weighted by Gasteiger charge is 2.06. The van der Waals surface area contributed by atoms with Crippen molar-refractivity contribution in [1.29, 1.82) is 0 Å². The van der Waals surface area contributed by atoms with Crippen LogP contribution in [0.2, 0.25) is 0 Å². The monoisotopic (exact) mass is 272 g/mol. The van der Waals surface area contributed by atoms with Crippen LogP contribution in [0.4, 0.5) is 0 Å². The number of aromatic nitrogens is 1. The average molecular weight is 272 g/mol. The van der Waals surface area contributed by atoms with Crippen molar-refractivity contribution in [1.82, 2.24) is 4.57 Å². The summed E-state index contributed by atoms with van der Waals surface area (Å²) in [5.41, 5.74) is 8.47. The van der Waals surface area contributed by atoms with Crippen LogP contribution in [0.15, 0.2) is 30.3 Å². The van der Waals surface area contributed by atoms with Crippen molar-refractivity contribution < 1.29 is 0 Å². The number of fused-ring (bicyclic) bond motifs is 1. The minimum absolute atomic E-state index is 0.630. The van der Waals surface area contributed by atoms with E-state index in [0.29, 0.717) is 6.54 Å². The van der Waals surface area contributed by atoms with E-state index in [1.54, 1.807) is 0 Å². The van der Waals surface area contributed by atoms with Gasteiger partial charge in [-0.15, -0.1) is 0 Å². The Morgan fingerprint density at radius 3 is 2.40 bits per heavy atom. The van der Waals surface area contributed by atoms with Crippen molar-refractivity contribution in [3.05, 3.63) is 36.0 Å². The summed E-state index contributed by atoms with van der Waals surface area (Å²) in [5, 5.41) is 1.32. The first-order valence-corrected chi connectivity index (χ1v) is 8.14. The highest BCUT2D eigenvalue weighted by Crippen LogP contribution is 2.20. The summed E-state index contributed by atoms with van der Waals surface area (Å²) in [5.74, 6) is 0. The second kappa shape index (κ2) is 8.11. The summed E-state index contributed by atoms with van der Waals surface area (Å²) in [7, 11) is 0. The van der Waals surface area contributed by atoms with E-state index < -0.39 is 0 Å². The summed E-state index contributed by atoms with van der Waals surface area (Å²) >= 11 is 0. The Bertz CT molecular complexity index is 513. The van der Waals surface area contributed by atoms with E-state index in [-0.39, 0.29) is 0 Å². The van der Waals surface area contributed by atoms with Crippen molar-refractivity contribution in [2.45, 2.75) is 65.0 Å². The number of hydrogen-bond acceptors (Lipinski definition) is 1. The predicted octanol–water partition coefficient (Wildman–Crippen LogP) is 4.85. The van der Waals surface area contributed by atoms with E-state index in [9.17, 15) is 0 Å². The van der Waals surface area contributed by atoms with Crippen LogP contribution in [-0.2, 0) is 13.1 Å². The van der Waals surface area contributed by atoms with Gasteiger partial charge in [0.15, 0.2) is 0 Å².